The van der Waals surface area contributed by atoms with Crippen LogP contribution < -0.4 is 5.32 Å². The molecule has 1 saturated heterocycles. The molecule has 0 radical (unpaired) electrons. The first-order valence-electron chi connectivity index (χ1n) is 7.37. The Bertz CT molecular complexity index is 412. The van der Waals surface area contributed by atoms with Crippen molar-refractivity contribution in [3.8, 4) is 0 Å². The number of ether oxygens (including phenoxy) is 1. The van der Waals surface area contributed by atoms with Gasteiger partial charge in [-0.25, -0.2) is 0 Å². The van der Waals surface area contributed by atoms with Crippen molar-refractivity contribution in [2.45, 2.75) is 26.3 Å². The molecule has 1 aromatic rings. The summed E-state index contributed by atoms with van der Waals surface area (Å²) in [6.07, 6.45) is 2.43. The van der Waals surface area contributed by atoms with Crippen molar-refractivity contribution in [3.63, 3.8) is 0 Å². The van der Waals surface area contributed by atoms with Gasteiger partial charge in [-0.1, -0.05) is 6.92 Å². The number of nitrogens with zero attached hydrogens (tertiary/aromatic N) is 1. The van der Waals surface area contributed by atoms with Crippen LogP contribution in [0.3, 0.4) is 0 Å². The first kappa shape index (κ1) is 13.6. The Labute approximate surface area is 119 Å². The molecule has 0 saturated carbocycles. The molecule has 0 bridgehead atoms. The Morgan fingerprint density at radius 2 is 2.47 bits per heavy atom. The standard InChI is InChI=1S/C15H24N2OS/c1-2-16-10-15(5-7-18-12-15)11-17-6-3-14-13(9-17)4-8-19-14/h4,8,16H,2-3,5-7,9-12H2,1H3. The Kier molecular flexibility index (Phi) is 4.22. The lowest BCUT2D eigenvalue weighted by molar-refractivity contribution is 0.103. The van der Waals surface area contributed by atoms with Gasteiger partial charge >= 0.3 is 0 Å². The fourth-order valence-electron chi connectivity index (χ4n) is 3.28. The molecule has 2 aliphatic rings. The molecular weight excluding hydrogens is 256 g/mol. The summed E-state index contributed by atoms with van der Waals surface area (Å²) >= 11 is 1.92. The zero-order valence-electron chi connectivity index (χ0n) is 11.8. The lowest BCUT2D eigenvalue weighted by atomic mass is 9.86. The molecule has 0 aromatic carbocycles. The van der Waals surface area contributed by atoms with Crippen LogP contribution in [-0.2, 0) is 17.7 Å². The van der Waals surface area contributed by atoms with Gasteiger partial charge in [0.15, 0.2) is 0 Å². The monoisotopic (exact) mass is 280 g/mol. The van der Waals surface area contributed by atoms with E-state index in [0.717, 1.165) is 32.8 Å². The Hall–Kier alpha value is -0.420. The van der Waals surface area contributed by atoms with E-state index in [1.54, 1.807) is 10.4 Å². The van der Waals surface area contributed by atoms with Gasteiger partial charge in [0.2, 0.25) is 0 Å². The summed E-state index contributed by atoms with van der Waals surface area (Å²) in [7, 11) is 0. The predicted octanol–water partition coefficient (Wildman–Crippen LogP) is 2.12. The quantitative estimate of drug-likeness (QED) is 0.894. The zero-order valence-corrected chi connectivity index (χ0v) is 12.6. The minimum Gasteiger partial charge on any atom is -0.381 e. The Balaban J connectivity index is 1.63. The summed E-state index contributed by atoms with van der Waals surface area (Å²) in [4.78, 5) is 4.22. The van der Waals surface area contributed by atoms with E-state index in [0.29, 0.717) is 5.41 Å². The van der Waals surface area contributed by atoms with Crippen LogP contribution in [0.15, 0.2) is 11.4 Å². The maximum Gasteiger partial charge on any atom is 0.0547 e. The van der Waals surface area contributed by atoms with Gasteiger partial charge in [0.05, 0.1) is 6.61 Å². The van der Waals surface area contributed by atoms with Crippen molar-refractivity contribution in [1.29, 1.82) is 0 Å². The van der Waals surface area contributed by atoms with Gasteiger partial charge in [0.1, 0.15) is 0 Å². The molecule has 2 aliphatic heterocycles. The van der Waals surface area contributed by atoms with Gasteiger partial charge in [0, 0.05) is 43.1 Å². The van der Waals surface area contributed by atoms with Gasteiger partial charge in [-0.05, 0) is 36.4 Å². The van der Waals surface area contributed by atoms with Gasteiger partial charge in [-0.2, -0.15) is 0 Å². The van der Waals surface area contributed by atoms with Gasteiger partial charge < -0.3 is 10.1 Å². The topological polar surface area (TPSA) is 24.5 Å². The lowest BCUT2D eigenvalue weighted by Gasteiger charge is -2.36. The molecule has 0 spiro atoms. The van der Waals surface area contributed by atoms with Crippen molar-refractivity contribution < 1.29 is 4.74 Å². The highest BCUT2D eigenvalue weighted by molar-refractivity contribution is 7.10. The van der Waals surface area contributed by atoms with E-state index in [9.17, 15) is 0 Å². The van der Waals surface area contributed by atoms with E-state index in [2.05, 4.69) is 28.6 Å². The molecule has 3 nitrogen and oxygen atoms in total. The highest BCUT2D eigenvalue weighted by Crippen LogP contribution is 2.32. The molecular formula is C15H24N2OS. The molecule has 1 unspecified atom stereocenters. The zero-order chi connectivity index (χ0) is 13.1. The number of rotatable bonds is 5. The van der Waals surface area contributed by atoms with Crippen molar-refractivity contribution in [1.82, 2.24) is 10.2 Å². The third-order valence-electron chi connectivity index (χ3n) is 4.38. The molecule has 1 aromatic heterocycles. The molecule has 4 heteroatoms. The highest BCUT2D eigenvalue weighted by atomic mass is 32.1. The molecule has 3 heterocycles. The van der Waals surface area contributed by atoms with Gasteiger partial charge in [-0.3, -0.25) is 4.90 Å². The normalized spacial score (nSPS) is 27.6. The van der Waals surface area contributed by atoms with Crippen LogP contribution in [0, 0.1) is 5.41 Å². The van der Waals surface area contributed by atoms with Crippen molar-refractivity contribution in [2.75, 3.05) is 39.4 Å². The summed E-state index contributed by atoms with van der Waals surface area (Å²) in [6.45, 7) is 9.70. The largest absolute Gasteiger partial charge is 0.381 e. The molecule has 0 aliphatic carbocycles. The third kappa shape index (κ3) is 3.02. The van der Waals surface area contributed by atoms with Crippen LogP contribution in [0.25, 0.3) is 0 Å². The van der Waals surface area contributed by atoms with Crippen LogP contribution in [0.5, 0.6) is 0 Å². The van der Waals surface area contributed by atoms with E-state index < -0.39 is 0 Å². The molecule has 1 atom stereocenters. The number of fused-ring (bicyclic) bond motifs is 1. The average Bonchev–Trinajstić information content (AvgIpc) is 3.05. The SMILES string of the molecule is CCNCC1(CN2CCc3sccc3C2)CCOC1. The summed E-state index contributed by atoms with van der Waals surface area (Å²) in [5, 5.41) is 5.77. The maximum absolute atomic E-state index is 5.69. The second-order valence-corrected chi connectivity index (χ2v) is 6.91. The van der Waals surface area contributed by atoms with Crippen molar-refractivity contribution in [2.24, 2.45) is 5.41 Å². The molecule has 1 fully saturated rings. The molecule has 106 valence electrons. The van der Waals surface area contributed by atoms with Crippen LogP contribution in [-0.4, -0.2) is 44.3 Å². The number of thiophene rings is 1. The number of hydrogen-bond acceptors (Lipinski definition) is 4. The van der Waals surface area contributed by atoms with E-state index >= 15 is 0 Å². The van der Waals surface area contributed by atoms with Crippen LogP contribution in [0.2, 0.25) is 0 Å². The fourth-order valence-corrected chi connectivity index (χ4v) is 4.17. The minimum atomic E-state index is 0.337. The predicted molar refractivity (Wildman–Crippen MR) is 79.7 cm³/mol. The summed E-state index contributed by atoms with van der Waals surface area (Å²) < 4.78 is 5.69. The Morgan fingerprint density at radius 3 is 3.26 bits per heavy atom. The summed E-state index contributed by atoms with van der Waals surface area (Å²) in [6, 6.07) is 2.30. The molecule has 3 rings (SSSR count). The van der Waals surface area contributed by atoms with Crippen molar-refractivity contribution in [3.05, 3.63) is 21.9 Å². The van der Waals surface area contributed by atoms with E-state index in [-0.39, 0.29) is 0 Å². The second-order valence-electron chi connectivity index (χ2n) is 5.91. The van der Waals surface area contributed by atoms with Gasteiger partial charge in [0.25, 0.3) is 0 Å². The van der Waals surface area contributed by atoms with Gasteiger partial charge in [-0.15, -0.1) is 11.3 Å². The van der Waals surface area contributed by atoms with Crippen LogP contribution in [0.1, 0.15) is 23.8 Å². The first-order valence-corrected chi connectivity index (χ1v) is 8.25. The number of hydrogen-bond donors (Lipinski definition) is 1. The summed E-state index contributed by atoms with van der Waals surface area (Å²) in [5.74, 6) is 0. The smallest absolute Gasteiger partial charge is 0.0547 e. The minimum absolute atomic E-state index is 0.337. The lowest BCUT2D eigenvalue weighted by Crippen LogP contribution is -2.46. The third-order valence-corrected chi connectivity index (χ3v) is 5.40. The Morgan fingerprint density at radius 1 is 1.53 bits per heavy atom. The number of nitrogens with one attached hydrogen (secondary N) is 1. The average molecular weight is 280 g/mol. The van der Waals surface area contributed by atoms with E-state index in [1.807, 2.05) is 11.3 Å². The molecule has 0 amide bonds. The second kappa shape index (κ2) is 5.92. The molecule has 19 heavy (non-hydrogen) atoms. The summed E-state index contributed by atoms with van der Waals surface area (Å²) in [5.41, 5.74) is 1.89. The highest BCUT2D eigenvalue weighted by Gasteiger charge is 2.36. The first-order chi connectivity index (χ1) is 9.31. The van der Waals surface area contributed by atoms with E-state index in [1.165, 1.54) is 25.9 Å². The fraction of sp³-hybridized carbons (Fsp3) is 0.733. The van der Waals surface area contributed by atoms with E-state index in [4.69, 9.17) is 4.74 Å². The molecule has 1 N–H and O–H groups in total. The maximum atomic E-state index is 5.69. The van der Waals surface area contributed by atoms with Crippen molar-refractivity contribution >= 4 is 11.3 Å². The van der Waals surface area contributed by atoms with Crippen LogP contribution >= 0.6 is 11.3 Å². The van der Waals surface area contributed by atoms with Crippen LogP contribution in [0.4, 0.5) is 0 Å².